The standard InChI is InChI=1S/C29H28N6O3/c30-27(37)26(36)17-24(21-11-5-2-6-12-21)32-29(38)22-13-7-15-31-28(22)35-19-25-23(33-35)14-8-16-34(25)18-20-9-3-1-4-10-20/h1-7,9-13,15,19,24H,8,14,16-18H2,(H2,30,37)(H,32,38). The molecule has 3 N–H and O–H groups in total. The van der Waals surface area contributed by atoms with Crippen molar-refractivity contribution in [3.05, 3.63) is 108 Å². The highest BCUT2D eigenvalue weighted by atomic mass is 16.2. The summed E-state index contributed by atoms with van der Waals surface area (Å²) in [4.78, 5) is 43.8. The molecule has 192 valence electrons. The maximum Gasteiger partial charge on any atom is 0.284 e. The Labute approximate surface area is 220 Å². The van der Waals surface area contributed by atoms with Crippen LogP contribution < -0.4 is 16.0 Å². The Morgan fingerprint density at radius 1 is 0.974 bits per heavy atom. The van der Waals surface area contributed by atoms with Crippen LogP contribution in [0.15, 0.2) is 85.2 Å². The smallest absolute Gasteiger partial charge is 0.284 e. The SMILES string of the molecule is NC(=O)C(=O)CC(NC(=O)c1cccnc1-n1cc2c(n1)CCCN2Cc1ccccc1)c1ccccc1. The fourth-order valence-corrected chi connectivity index (χ4v) is 4.69. The molecule has 0 saturated carbocycles. The normalized spacial score (nSPS) is 13.4. The highest BCUT2D eigenvalue weighted by Crippen LogP contribution is 2.29. The van der Waals surface area contributed by atoms with E-state index in [0.717, 1.165) is 37.3 Å². The topological polar surface area (TPSA) is 123 Å². The second-order valence-electron chi connectivity index (χ2n) is 9.22. The van der Waals surface area contributed by atoms with Crippen molar-refractivity contribution in [1.82, 2.24) is 20.1 Å². The quantitative estimate of drug-likeness (QED) is 0.335. The number of anilines is 1. The van der Waals surface area contributed by atoms with Crippen LogP contribution in [-0.2, 0) is 22.6 Å². The first-order chi connectivity index (χ1) is 18.5. The van der Waals surface area contributed by atoms with Crippen molar-refractivity contribution in [2.24, 2.45) is 5.73 Å². The average molecular weight is 509 g/mol. The van der Waals surface area contributed by atoms with Crippen LogP contribution in [0.3, 0.4) is 0 Å². The van der Waals surface area contributed by atoms with E-state index in [1.165, 1.54) is 5.56 Å². The van der Waals surface area contributed by atoms with Gasteiger partial charge >= 0.3 is 0 Å². The predicted molar refractivity (Wildman–Crippen MR) is 143 cm³/mol. The lowest BCUT2D eigenvalue weighted by atomic mass is 10.0. The van der Waals surface area contributed by atoms with Crippen molar-refractivity contribution in [2.75, 3.05) is 11.4 Å². The van der Waals surface area contributed by atoms with Gasteiger partial charge in [0, 0.05) is 25.7 Å². The maximum absolute atomic E-state index is 13.5. The number of hydrogen-bond acceptors (Lipinski definition) is 6. The van der Waals surface area contributed by atoms with Crippen molar-refractivity contribution >= 4 is 23.3 Å². The second kappa shape index (κ2) is 11.1. The number of fused-ring (bicyclic) bond motifs is 1. The number of nitrogens with zero attached hydrogens (tertiary/aromatic N) is 4. The van der Waals surface area contributed by atoms with Gasteiger partial charge in [0.15, 0.2) is 5.82 Å². The summed E-state index contributed by atoms with van der Waals surface area (Å²) in [6.07, 6.45) is 5.11. The summed E-state index contributed by atoms with van der Waals surface area (Å²) >= 11 is 0. The van der Waals surface area contributed by atoms with Gasteiger partial charge in [-0.1, -0.05) is 60.7 Å². The molecule has 1 atom stereocenters. The minimum absolute atomic E-state index is 0.245. The van der Waals surface area contributed by atoms with Crippen LogP contribution in [0.25, 0.3) is 5.82 Å². The lowest BCUT2D eigenvalue weighted by Gasteiger charge is -2.28. The summed E-state index contributed by atoms with van der Waals surface area (Å²) in [6, 6.07) is 21.9. The second-order valence-corrected chi connectivity index (χ2v) is 9.22. The van der Waals surface area contributed by atoms with Crippen molar-refractivity contribution in [3.8, 4) is 5.82 Å². The van der Waals surface area contributed by atoms with Crippen molar-refractivity contribution in [1.29, 1.82) is 0 Å². The monoisotopic (exact) mass is 508 g/mol. The number of benzene rings is 2. The first-order valence-corrected chi connectivity index (χ1v) is 12.5. The van der Waals surface area contributed by atoms with Crippen LogP contribution >= 0.6 is 0 Å². The summed E-state index contributed by atoms with van der Waals surface area (Å²) in [5.74, 6) is -1.85. The molecule has 1 aliphatic heterocycles. The van der Waals surface area contributed by atoms with Crippen molar-refractivity contribution < 1.29 is 14.4 Å². The van der Waals surface area contributed by atoms with E-state index >= 15 is 0 Å². The van der Waals surface area contributed by atoms with Crippen LogP contribution in [0.5, 0.6) is 0 Å². The molecule has 0 saturated heterocycles. The summed E-state index contributed by atoms with van der Waals surface area (Å²) < 4.78 is 1.65. The van der Waals surface area contributed by atoms with E-state index in [1.807, 2.05) is 30.5 Å². The first kappa shape index (κ1) is 24.9. The number of aromatic nitrogens is 3. The molecule has 0 radical (unpaired) electrons. The van der Waals surface area contributed by atoms with Crippen molar-refractivity contribution in [3.63, 3.8) is 0 Å². The van der Waals surface area contributed by atoms with Gasteiger partial charge in [-0.25, -0.2) is 9.67 Å². The van der Waals surface area contributed by atoms with E-state index in [9.17, 15) is 14.4 Å². The van der Waals surface area contributed by atoms with Crippen LogP contribution in [0.4, 0.5) is 5.69 Å². The molecule has 0 aliphatic carbocycles. The van der Waals surface area contributed by atoms with E-state index in [1.54, 1.807) is 47.3 Å². The number of rotatable bonds is 9. The van der Waals surface area contributed by atoms with Gasteiger partial charge in [0.25, 0.3) is 11.8 Å². The number of aryl methyl sites for hydroxylation is 1. The summed E-state index contributed by atoms with van der Waals surface area (Å²) in [5, 5.41) is 7.67. The number of nitrogens with two attached hydrogens (primary N) is 1. The molecule has 9 heteroatoms. The Kier molecular flexibility index (Phi) is 7.26. The van der Waals surface area contributed by atoms with Crippen LogP contribution in [0.2, 0.25) is 0 Å². The lowest BCUT2D eigenvalue weighted by molar-refractivity contribution is -0.136. The van der Waals surface area contributed by atoms with E-state index in [-0.39, 0.29) is 6.42 Å². The molecular weight excluding hydrogens is 480 g/mol. The zero-order valence-corrected chi connectivity index (χ0v) is 20.8. The number of carbonyl (C=O) groups excluding carboxylic acids is 3. The fraction of sp³-hybridized carbons (Fsp3) is 0.207. The van der Waals surface area contributed by atoms with Gasteiger partial charge in [-0.3, -0.25) is 14.4 Å². The molecule has 5 rings (SSSR count). The molecular formula is C29H28N6O3. The fourth-order valence-electron chi connectivity index (χ4n) is 4.69. The van der Waals surface area contributed by atoms with Crippen LogP contribution in [0, 0.1) is 0 Å². The highest BCUT2D eigenvalue weighted by Gasteiger charge is 2.26. The molecule has 2 amide bonds. The Hall–Kier alpha value is -4.79. The van der Waals surface area contributed by atoms with E-state index in [4.69, 9.17) is 10.8 Å². The molecule has 0 spiro atoms. The number of Topliss-reactive ketones (excluding diaryl/α,β-unsaturated/α-hetero) is 1. The molecule has 2 aromatic heterocycles. The van der Waals surface area contributed by atoms with Gasteiger partial charge in [-0.15, -0.1) is 0 Å². The van der Waals surface area contributed by atoms with Gasteiger partial charge in [0.1, 0.15) is 0 Å². The molecule has 1 unspecified atom stereocenters. The number of ketones is 1. The van der Waals surface area contributed by atoms with E-state index in [0.29, 0.717) is 16.9 Å². The Morgan fingerprint density at radius 3 is 2.45 bits per heavy atom. The number of primary amides is 1. The molecule has 0 bridgehead atoms. The summed E-state index contributed by atoms with van der Waals surface area (Å²) in [7, 11) is 0. The van der Waals surface area contributed by atoms with Gasteiger partial charge in [0.05, 0.1) is 29.2 Å². The Balaban J connectivity index is 1.42. The molecule has 38 heavy (non-hydrogen) atoms. The number of nitrogens with one attached hydrogen (secondary N) is 1. The third kappa shape index (κ3) is 5.46. The summed E-state index contributed by atoms with van der Waals surface area (Å²) in [6.45, 7) is 1.68. The molecule has 0 fully saturated rings. The van der Waals surface area contributed by atoms with Gasteiger partial charge in [-0.2, -0.15) is 5.10 Å². The number of pyridine rings is 1. The predicted octanol–water partition coefficient (Wildman–Crippen LogP) is 3.14. The van der Waals surface area contributed by atoms with Crippen LogP contribution in [-0.4, -0.2) is 38.9 Å². The third-order valence-electron chi connectivity index (χ3n) is 6.59. The molecule has 2 aromatic carbocycles. The van der Waals surface area contributed by atoms with Gasteiger partial charge in [-0.05, 0) is 36.1 Å². The Morgan fingerprint density at radius 2 is 1.71 bits per heavy atom. The van der Waals surface area contributed by atoms with E-state index in [2.05, 4.69) is 27.3 Å². The highest BCUT2D eigenvalue weighted by molar-refractivity contribution is 6.35. The number of amides is 2. The zero-order chi connectivity index (χ0) is 26.5. The lowest BCUT2D eigenvalue weighted by Crippen LogP contribution is -2.34. The van der Waals surface area contributed by atoms with Crippen LogP contribution in [0.1, 0.15) is 46.1 Å². The minimum atomic E-state index is -1.04. The molecule has 9 nitrogen and oxygen atoms in total. The van der Waals surface area contributed by atoms with Gasteiger partial charge in [0.2, 0.25) is 5.78 Å². The average Bonchev–Trinajstić information content (AvgIpc) is 3.39. The largest absolute Gasteiger partial charge is 0.364 e. The third-order valence-corrected chi connectivity index (χ3v) is 6.59. The Bertz CT molecular complexity index is 1450. The zero-order valence-electron chi connectivity index (χ0n) is 20.8. The molecule has 3 heterocycles. The van der Waals surface area contributed by atoms with Crippen molar-refractivity contribution in [2.45, 2.75) is 31.8 Å². The molecule has 4 aromatic rings. The molecule has 1 aliphatic rings. The van der Waals surface area contributed by atoms with Gasteiger partial charge < -0.3 is 16.0 Å². The minimum Gasteiger partial charge on any atom is -0.364 e. The first-order valence-electron chi connectivity index (χ1n) is 12.5. The summed E-state index contributed by atoms with van der Waals surface area (Å²) in [5.41, 5.74) is 9.36. The van der Waals surface area contributed by atoms with E-state index < -0.39 is 23.6 Å². The number of carbonyl (C=O) groups is 3. The maximum atomic E-state index is 13.5. The number of hydrogen-bond donors (Lipinski definition) is 2.